The molecule has 3 heterocycles. The zero-order chi connectivity index (χ0) is 16.9. The van der Waals surface area contributed by atoms with Crippen LogP contribution in [0.15, 0.2) is 36.7 Å². The van der Waals surface area contributed by atoms with Crippen molar-refractivity contribution in [1.29, 1.82) is 0 Å². The van der Waals surface area contributed by atoms with E-state index in [1.807, 2.05) is 30.3 Å². The average Bonchev–Trinajstić information content (AvgIpc) is 3.08. The molecule has 1 aliphatic rings. The smallest absolute Gasteiger partial charge is 0.185 e. The number of para-hydroxylation sites is 1. The van der Waals surface area contributed by atoms with Crippen LogP contribution in [0.4, 0.5) is 16.6 Å². The molecule has 0 amide bonds. The van der Waals surface area contributed by atoms with Crippen molar-refractivity contribution < 1.29 is 0 Å². The van der Waals surface area contributed by atoms with E-state index in [4.69, 9.17) is 0 Å². The maximum Gasteiger partial charge on any atom is 0.185 e. The van der Waals surface area contributed by atoms with Gasteiger partial charge in [0.1, 0.15) is 11.0 Å². The summed E-state index contributed by atoms with van der Waals surface area (Å²) in [7, 11) is 0. The molecule has 0 radical (unpaired) electrons. The fourth-order valence-corrected chi connectivity index (χ4v) is 3.97. The first kappa shape index (κ1) is 16.2. The van der Waals surface area contributed by atoms with Gasteiger partial charge in [-0.25, -0.2) is 9.97 Å². The van der Waals surface area contributed by atoms with Crippen LogP contribution in [-0.2, 0) is 0 Å². The average molecular weight is 354 g/mol. The van der Waals surface area contributed by atoms with E-state index in [1.54, 1.807) is 17.7 Å². The number of piperidine rings is 1. The van der Waals surface area contributed by atoms with Crippen molar-refractivity contribution in [2.45, 2.75) is 19.3 Å². The summed E-state index contributed by atoms with van der Waals surface area (Å²) in [5.41, 5.74) is 1.74. The quantitative estimate of drug-likeness (QED) is 0.703. The summed E-state index contributed by atoms with van der Waals surface area (Å²) in [6.07, 6.45) is 5.58. The van der Waals surface area contributed by atoms with E-state index in [2.05, 4.69) is 30.5 Å². The molecule has 6 nitrogen and oxygen atoms in total. The van der Waals surface area contributed by atoms with Crippen LogP contribution >= 0.6 is 11.3 Å². The molecule has 1 aromatic carbocycles. The van der Waals surface area contributed by atoms with Gasteiger partial charge in [0.25, 0.3) is 0 Å². The van der Waals surface area contributed by atoms with E-state index in [1.165, 1.54) is 32.4 Å². The molecule has 0 unspecified atom stereocenters. The molecule has 2 N–H and O–H groups in total. The summed E-state index contributed by atoms with van der Waals surface area (Å²) in [6.45, 7) is 4.42. The van der Waals surface area contributed by atoms with Gasteiger partial charge >= 0.3 is 0 Å². The Labute approximate surface area is 151 Å². The molecule has 130 valence electrons. The number of aromatic nitrogens is 3. The van der Waals surface area contributed by atoms with Crippen molar-refractivity contribution in [2.75, 3.05) is 36.8 Å². The normalized spacial score (nSPS) is 15.4. The number of hydrogen-bond acceptors (Lipinski definition) is 7. The maximum atomic E-state index is 4.60. The largest absolute Gasteiger partial charge is 0.360 e. The third-order valence-electron chi connectivity index (χ3n) is 4.38. The Hall–Kier alpha value is -2.25. The van der Waals surface area contributed by atoms with Crippen LogP contribution < -0.4 is 10.6 Å². The van der Waals surface area contributed by atoms with Crippen LogP contribution in [0, 0.1) is 0 Å². The lowest BCUT2D eigenvalue weighted by Crippen LogP contribution is -2.33. The highest BCUT2D eigenvalue weighted by Gasteiger charge is 2.12. The van der Waals surface area contributed by atoms with Gasteiger partial charge in [0.05, 0.1) is 0 Å². The number of fused-ring (bicyclic) bond motifs is 1. The Balaban J connectivity index is 1.43. The molecule has 7 heteroatoms. The molecule has 2 aromatic heterocycles. The number of benzene rings is 1. The Morgan fingerprint density at radius 2 is 1.88 bits per heavy atom. The number of rotatable bonds is 6. The highest BCUT2D eigenvalue weighted by molar-refractivity contribution is 7.22. The highest BCUT2D eigenvalue weighted by atomic mass is 32.1. The van der Waals surface area contributed by atoms with E-state index in [0.717, 1.165) is 40.1 Å². The minimum Gasteiger partial charge on any atom is -0.360 e. The molecular weight excluding hydrogens is 332 g/mol. The van der Waals surface area contributed by atoms with Crippen LogP contribution in [0.5, 0.6) is 0 Å². The Morgan fingerprint density at radius 3 is 2.72 bits per heavy atom. The van der Waals surface area contributed by atoms with Crippen LogP contribution in [0.3, 0.4) is 0 Å². The van der Waals surface area contributed by atoms with Gasteiger partial charge in [0.2, 0.25) is 0 Å². The van der Waals surface area contributed by atoms with Crippen molar-refractivity contribution in [3.05, 3.63) is 36.7 Å². The van der Waals surface area contributed by atoms with E-state index in [0.29, 0.717) is 0 Å². The summed E-state index contributed by atoms with van der Waals surface area (Å²) in [5.74, 6) is 0.804. The Morgan fingerprint density at radius 1 is 1.04 bits per heavy atom. The fraction of sp³-hybridized carbons (Fsp3) is 0.389. The molecule has 0 spiro atoms. The van der Waals surface area contributed by atoms with Gasteiger partial charge in [-0.05, 0) is 38.1 Å². The molecule has 0 bridgehead atoms. The molecule has 4 rings (SSSR count). The molecule has 0 atom stereocenters. The van der Waals surface area contributed by atoms with E-state index in [9.17, 15) is 0 Å². The van der Waals surface area contributed by atoms with E-state index < -0.39 is 0 Å². The molecule has 3 aromatic rings. The lowest BCUT2D eigenvalue weighted by Gasteiger charge is -2.26. The molecule has 0 saturated carbocycles. The molecular formula is C18H22N6S. The lowest BCUT2D eigenvalue weighted by atomic mass is 10.1. The van der Waals surface area contributed by atoms with Crippen LogP contribution in [0.2, 0.25) is 0 Å². The Kier molecular flexibility index (Phi) is 5.03. The van der Waals surface area contributed by atoms with Gasteiger partial charge in [-0.2, -0.15) is 4.98 Å². The van der Waals surface area contributed by atoms with Crippen molar-refractivity contribution in [2.24, 2.45) is 0 Å². The monoisotopic (exact) mass is 354 g/mol. The summed E-state index contributed by atoms with van der Waals surface area (Å²) in [6, 6.07) is 10.0. The zero-order valence-corrected chi connectivity index (χ0v) is 14.9. The second-order valence-corrected chi connectivity index (χ2v) is 7.21. The molecule has 25 heavy (non-hydrogen) atoms. The minimum absolute atomic E-state index is 0.735. The molecule has 1 saturated heterocycles. The minimum atomic E-state index is 0.735. The molecule has 0 aliphatic carbocycles. The van der Waals surface area contributed by atoms with Crippen LogP contribution in [0.1, 0.15) is 19.3 Å². The number of thiazole rings is 1. The van der Waals surface area contributed by atoms with E-state index >= 15 is 0 Å². The third-order valence-corrected chi connectivity index (χ3v) is 5.39. The summed E-state index contributed by atoms with van der Waals surface area (Å²) in [4.78, 5) is 15.8. The zero-order valence-electron chi connectivity index (χ0n) is 14.1. The second-order valence-electron chi connectivity index (χ2n) is 6.21. The number of hydrogen-bond donors (Lipinski definition) is 2. The van der Waals surface area contributed by atoms with Gasteiger partial charge in [-0.3, -0.25) is 0 Å². The highest BCUT2D eigenvalue weighted by Crippen LogP contribution is 2.30. The van der Waals surface area contributed by atoms with Gasteiger partial charge in [0, 0.05) is 18.8 Å². The number of nitrogens with one attached hydrogen (secondary N) is 2. The first-order valence-corrected chi connectivity index (χ1v) is 9.60. The summed E-state index contributed by atoms with van der Waals surface area (Å²) in [5, 5.41) is 7.70. The summed E-state index contributed by atoms with van der Waals surface area (Å²) < 4.78 is 0.979. The SMILES string of the molecule is c1ccc(Nc2ncnc3nc(NCCN4CCCCC4)sc23)cc1. The first-order valence-electron chi connectivity index (χ1n) is 8.78. The van der Waals surface area contributed by atoms with E-state index in [-0.39, 0.29) is 0 Å². The van der Waals surface area contributed by atoms with Gasteiger partial charge in [-0.1, -0.05) is 36.0 Å². The molecule has 1 fully saturated rings. The topological polar surface area (TPSA) is 66.0 Å². The number of anilines is 3. The molecule has 1 aliphatic heterocycles. The van der Waals surface area contributed by atoms with Gasteiger partial charge in [0.15, 0.2) is 16.6 Å². The second kappa shape index (κ2) is 7.76. The third kappa shape index (κ3) is 4.05. The van der Waals surface area contributed by atoms with Gasteiger partial charge < -0.3 is 15.5 Å². The Bertz CT molecular complexity index is 813. The van der Waals surface area contributed by atoms with Gasteiger partial charge in [-0.15, -0.1) is 0 Å². The predicted molar refractivity (Wildman–Crippen MR) is 104 cm³/mol. The van der Waals surface area contributed by atoms with Crippen molar-refractivity contribution in [3.63, 3.8) is 0 Å². The van der Waals surface area contributed by atoms with Crippen LogP contribution in [0.25, 0.3) is 10.3 Å². The maximum absolute atomic E-state index is 4.60. The van der Waals surface area contributed by atoms with Crippen molar-refractivity contribution in [3.8, 4) is 0 Å². The summed E-state index contributed by atoms with van der Waals surface area (Å²) >= 11 is 1.60. The first-order chi connectivity index (χ1) is 12.4. The van der Waals surface area contributed by atoms with Crippen molar-refractivity contribution in [1.82, 2.24) is 19.9 Å². The fourth-order valence-electron chi connectivity index (χ4n) is 3.08. The number of nitrogens with zero attached hydrogens (tertiary/aromatic N) is 4. The lowest BCUT2D eigenvalue weighted by molar-refractivity contribution is 0.237. The standard InChI is InChI=1S/C18H22N6S/c1-3-7-14(8-4-1)22-16-15-17(21-13-20-16)23-18(25-15)19-9-12-24-10-5-2-6-11-24/h1,3-4,7-8,13H,2,5-6,9-12H2,(H2,19,20,21,22,23). The van der Waals surface area contributed by atoms with Crippen LogP contribution in [-0.4, -0.2) is 46.0 Å². The predicted octanol–water partition coefficient (Wildman–Crippen LogP) is 3.73. The number of likely N-dealkylation sites (tertiary alicyclic amines) is 1. The van der Waals surface area contributed by atoms with Crippen molar-refractivity contribution >= 4 is 38.3 Å².